The van der Waals surface area contributed by atoms with Crippen molar-refractivity contribution in [3.63, 3.8) is 0 Å². The molecular weight excluding hydrogens is 287 g/mol. The molecule has 0 aromatic carbocycles. The number of nitrogens with zero attached hydrogens (tertiary/aromatic N) is 2. The molecule has 0 aromatic rings. The number of hydrogen-bond acceptors (Lipinski definition) is 2. The van der Waals surface area contributed by atoms with Crippen LogP contribution < -0.4 is 0 Å². The second-order valence-corrected chi connectivity index (χ2v) is 10.4. The summed E-state index contributed by atoms with van der Waals surface area (Å²) in [7, 11) is 0.909. The number of hydrogen-bond donors (Lipinski definition) is 0. The maximum Gasteiger partial charge on any atom is 0.0374 e. The molecule has 1 rings (SSSR count). The van der Waals surface area contributed by atoms with Crippen LogP contribution in [0.15, 0.2) is 9.49 Å². The van der Waals surface area contributed by atoms with Gasteiger partial charge in [-0.15, -0.1) is 0 Å². The average Bonchev–Trinajstić information content (AvgIpc) is 2.05. The Morgan fingerprint density at radius 2 is 1.71 bits per heavy atom. The molecule has 83 valence electrons. The van der Waals surface area contributed by atoms with Crippen molar-refractivity contribution < 1.29 is 32.7 Å². The molecule has 0 aromatic heterocycles. The molecule has 0 saturated heterocycles. The third-order valence-electron chi connectivity index (χ3n) is 2.04. The van der Waals surface area contributed by atoms with E-state index in [1.165, 1.54) is 19.0 Å². The van der Waals surface area contributed by atoms with Gasteiger partial charge < -0.3 is 9.49 Å². The van der Waals surface area contributed by atoms with E-state index < -0.39 is 7.05 Å². The maximum atomic E-state index is 4.57. The van der Waals surface area contributed by atoms with Gasteiger partial charge in [0.2, 0.25) is 0 Å². The van der Waals surface area contributed by atoms with Gasteiger partial charge in [-0.2, -0.15) is 0 Å². The van der Waals surface area contributed by atoms with Crippen molar-refractivity contribution >= 4 is 14.8 Å². The summed E-state index contributed by atoms with van der Waals surface area (Å²) in [5.41, 5.74) is 0. The zero-order chi connectivity index (χ0) is 10.3. The zero-order valence-electron chi connectivity index (χ0n) is 10.2. The third kappa shape index (κ3) is 11.6. The fourth-order valence-electron chi connectivity index (χ4n) is 1.02. The van der Waals surface area contributed by atoms with Gasteiger partial charge >= 0.3 is 0 Å². The normalized spacial score (nSPS) is 18.4. The van der Waals surface area contributed by atoms with Crippen LogP contribution in [-0.4, -0.2) is 46.4 Å². The summed E-state index contributed by atoms with van der Waals surface area (Å²) in [6.07, 6.45) is 4.15. The van der Waals surface area contributed by atoms with Crippen LogP contribution in [0.1, 0.15) is 12.8 Å². The van der Waals surface area contributed by atoms with E-state index in [0.29, 0.717) is 0 Å². The van der Waals surface area contributed by atoms with Crippen LogP contribution in [-0.2, 0) is 32.7 Å². The minimum atomic E-state index is -0.712. The van der Waals surface area contributed by atoms with Gasteiger partial charge in [0.1, 0.15) is 0 Å². The second kappa shape index (κ2) is 9.77. The van der Waals surface area contributed by atoms with E-state index >= 15 is 0 Å². The topological polar surface area (TPSA) is 24.7 Å². The molecule has 0 amide bonds. The van der Waals surface area contributed by atoms with Crippen LogP contribution in [0.25, 0.3) is 0 Å². The van der Waals surface area contributed by atoms with Crippen LogP contribution in [0.5, 0.6) is 0 Å². The molecule has 0 unspecified atom stereocenters. The van der Waals surface area contributed by atoms with Crippen LogP contribution in [0.3, 0.4) is 0 Å². The van der Waals surface area contributed by atoms with Crippen molar-refractivity contribution in [2.45, 2.75) is 12.8 Å². The molecule has 14 heavy (non-hydrogen) atoms. The average molecular weight is 311 g/mol. The van der Waals surface area contributed by atoms with Crippen LogP contribution in [0, 0.1) is 0 Å². The minimum Gasteiger partial charge on any atom is -0.310 e. The minimum absolute atomic E-state index is 0. The Hall–Kier alpha value is 1.56. The van der Waals surface area contributed by atoms with Crippen LogP contribution >= 0.6 is 14.8 Å². The largest absolute Gasteiger partial charge is 0.310 e. The Bertz CT molecular complexity index is 217. The third-order valence-corrected chi connectivity index (χ3v) is 5.31. The Morgan fingerprint density at radius 3 is 1.86 bits per heavy atom. The molecule has 0 N–H and O–H groups in total. The molecular formula is C9H24N2P2Y. The van der Waals surface area contributed by atoms with Crippen molar-refractivity contribution in [1.82, 2.24) is 0 Å². The summed E-state index contributed by atoms with van der Waals surface area (Å²) in [5.74, 6) is 0. The van der Waals surface area contributed by atoms with E-state index in [4.69, 9.17) is 0 Å². The Kier molecular flexibility index (Phi) is 12.5. The van der Waals surface area contributed by atoms with Crippen molar-refractivity contribution in [2.24, 2.45) is 9.49 Å². The SMILES string of the molecule is CN=[PH](C)C.CP1(C)=NCCCC1.[Y]. The molecule has 5 heteroatoms. The van der Waals surface area contributed by atoms with E-state index in [9.17, 15) is 0 Å². The molecule has 1 aliphatic rings. The van der Waals surface area contributed by atoms with E-state index in [1.54, 1.807) is 0 Å². The molecule has 1 aliphatic heterocycles. The first-order valence-electron chi connectivity index (χ1n) is 4.90. The van der Waals surface area contributed by atoms with Gasteiger partial charge in [-0.05, 0) is 60.4 Å². The predicted molar refractivity (Wildman–Crippen MR) is 68.7 cm³/mol. The van der Waals surface area contributed by atoms with Crippen molar-refractivity contribution in [3.05, 3.63) is 0 Å². The number of rotatable bonds is 0. The molecule has 1 radical (unpaired) electrons. The molecule has 0 spiro atoms. The molecule has 0 aliphatic carbocycles. The van der Waals surface area contributed by atoms with Crippen molar-refractivity contribution in [1.29, 1.82) is 0 Å². The molecule has 0 bridgehead atoms. The Balaban J connectivity index is 0. The predicted octanol–water partition coefficient (Wildman–Crippen LogP) is 3.51. The summed E-state index contributed by atoms with van der Waals surface area (Å²) in [5, 5.41) is 0. The van der Waals surface area contributed by atoms with E-state index in [0.717, 1.165) is 6.54 Å². The molecule has 0 atom stereocenters. The quantitative estimate of drug-likeness (QED) is 0.612. The second-order valence-electron chi connectivity index (χ2n) is 4.09. The summed E-state index contributed by atoms with van der Waals surface area (Å²) >= 11 is 0. The summed E-state index contributed by atoms with van der Waals surface area (Å²) < 4.78 is 8.56. The van der Waals surface area contributed by atoms with Gasteiger partial charge in [0.15, 0.2) is 0 Å². The summed E-state index contributed by atoms with van der Waals surface area (Å²) in [4.78, 5) is 0. The van der Waals surface area contributed by atoms with E-state index in [1.807, 2.05) is 7.05 Å². The zero-order valence-corrected chi connectivity index (χ0v) is 15.0. The van der Waals surface area contributed by atoms with E-state index in [2.05, 4.69) is 36.1 Å². The fraction of sp³-hybridized carbons (Fsp3) is 1.00. The fourth-order valence-corrected chi connectivity index (χ4v) is 2.84. The van der Waals surface area contributed by atoms with Crippen LogP contribution in [0.2, 0.25) is 0 Å². The van der Waals surface area contributed by atoms with Gasteiger partial charge in [-0.3, -0.25) is 0 Å². The first-order valence-corrected chi connectivity index (χ1v) is 10.2. The van der Waals surface area contributed by atoms with Crippen LogP contribution in [0.4, 0.5) is 0 Å². The van der Waals surface area contributed by atoms with Gasteiger partial charge in [-0.1, -0.05) is 0 Å². The summed E-state index contributed by atoms with van der Waals surface area (Å²) in [6, 6.07) is 0. The standard InChI is InChI=1S/C6H14NP.C3H10NP.Y/c1-8(2)6-4-3-5-7-8;1-4-5(2)3;/h3-6H2,1-2H3;5H,1-3H3;. The first-order chi connectivity index (χ1) is 5.98. The summed E-state index contributed by atoms with van der Waals surface area (Å²) in [6.45, 7) is 10.1. The molecule has 2 nitrogen and oxygen atoms in total. The van der Waals surface area contributed by atoms with Gasteiger partial charge in [0.05, 0.1) is 0 Å². The first kappa shape index (κ1) is 17.9. The van der Waals surface area contributed by atoms with Crippen molar-refractivity contribution in [3.8, 4) is 0 Å². The molecule has 0 saturated carbocycles. The van der Waals surface area contributed by atoms with Gasteiger partial charge in [0.25, 0.3) is 0 Å². The monoisotopic (exact) mass is 311 g/mol. The Morgan fingerprint density at radius 1 is 1.21 bits per heavy atom. The van der Waals surface area contributed by atoms with Crippen molar-refractivity contribution in [2.75, 3.05) is 46.4 Å². The molecule has 0 fully saturated rings. The van der Waals surface area contributed by atoms with Gasteiger partial charge in [0, 0.05) is 46.3 Å². The van der Waals surface area contributed by atoms with Gasteiger partial charge in [-0.25, -0.2) is 0 Å². The van der Waals surface area contributed by atoms with E-state index in [-0.39, 0.29) is 40.4 Å². The maximum absolute atomic E-state index is 4.57. The molecule has 1 heterocycles. The smallest absolute Gasteiger partial charge is 0.0374 e. The Labute approximate surface area is 115 Å².